The van der Waals surface area contributed by atoms with Crippen molar-refractivity contribution in [1.29, 1.82) is 0 Å². The summed E-state index contributed by atoms with van der Waals surface area (Å²) in [4.78, 5) is 45.3. The van der Waals surface area contributed by atoms with Gasteiger partial charge in [0.2, 0.25) is 5.69 Å². The molecule has 1 amide bonds. The van der Waals surface area contributed by atoms with Crippen LogP contribution in [-0.4, -0.2) is 63.5 Å². The number of piperidine rings is 1. The lowest BCUT2D eigenvalue weighted by atomic mass is 10.1. The van der Waals surface area contributed by atoms with Gasteiger partial charge in [0.15, 0.2) is 34.7 Å². The molecule has 15 heteroatoms. The summed E-state index contributed by atoms with van der Waals surface area (Å²) < 4.78 is 61.3. The van der Waals surface area contributed by atoms with Crippen LogP contribution >= 0.6 is 0 Å². The van der Waals surface area contributed by atoms with E-state index in [2.05, 4.69) is 20.3 Å². The van der Waals surface area contributed by atoms with Gasteiger partial charge in [0.25, 0.3) is 11.5 Å². The third kappa shape index (κ3) is 7.32. The first-order chi connectivity index (χ1) is 24.1. The monoisotopic (exact) mass is 690 g/mol. The molecular formula is C35H33F3N6O6. The number of nitrogens with zero attached hydrogens (tertiary/aromatic N) is 5. The summed E-state index contributed by atoms with van der Waals surface area (Å²) in [5, 5.41) is 6.68. The van der Waals surface area contributed by atoms with Gasteiger partial charge in [-0.05, 0) is 68.8 Å². The number of anilines is 1. The average Bonchev–Trinajstić information content (AvgIpc) is 3.11. The standard InChI is InChI=1S/C35H33F3N6O6/c1-42-34(46)32(41-44(35(42)47)22-8-9-24(36)25(37)18-22)33(45)40-21-7-10-29(26(38)17-21)50-28-11-12-39-27-20-31(30(48-2)19-23(27)28)49-16-6-15-43-13-4-3-5-14-43/h7-12,17-20H,3-6,13-16H2,1-2H3,(H,40,45). The molecule has 0 radical (unpaired) electrons. The van der Waals surface area contributed by atoms with Gasteiger partial charge in [-0.2, -0.15) is 9.78 Å². The maximum absolute atomic E-state index is 15.3. The van der Waals surface area contributed by atoms with E-state index in [1.54, 1.807) is 18.2 Å². The largest absolute Gasteiger partial charge is 0.493 e. The van der Waals surface area contributed by atoms with Gasteiger partial charge in [0, 0.05) is 49.1 Å². The fraction of sp³-hybridized carbons (Fsp3) is 0.286. The molecule has 3 aromatic carbocycles. The summed E-state index contributed by atoms with van der Waals surface area (Å²) in [6.45, 7) is 3.70. The summed E-state index contributed by atoms with van der Waals surface area (Å²) >= 11 is 0. The normalized spacial score (nSPS) is 13.3. The van der Waals surface area contributed by atoms with E-state index in [0.29, 0.717) is 44.3 Å². The van der Waals surface area contributed by atoms with Crippen LogP contribution in [0.15, 0.2) is 70.4 Å². The number of nitrogens with one attached hydrogen (secondary N) is 1. The Labute approximate surface area is 283 Å². The predicted molar refractivity (Wildman–Crippen MR) is 178 cm³/mol. The molecule has 50 heavy (non-hydrogen) atoms. The number of amides is 1. The highest BCUT2D eigenvalue weighted by molar-refractivity contribution is 6.02. The van der Waals surface area contributed by atoms with Crippen LogP contribution in [0.1, 0.15) is 36.2 Å². The van der Waals surface area contributed by atoms with Crippen LogP contribution in [-0.2, 0) is 7.05 Å². The predicted octanol–water partition coefficient (Wildman–Crippen LogP) is 5.20. The van der Waals surface area contributed by atoms with Gasteiger partial charge >= 0.3 is 5.69 Å². The molecule has 0 saturated carbocycles. The molecule has 5 aromatic rings. The van der Waals surface area contributed by atoms with Crippen molar-refractivity contribution in [1.82, 2.24) is 24.2 Å². The van der Waals surface area contributed by atoms with E-state index < -0.39 is 40.3 Å². The number of pyridine rings is 1. The Morgan fingerprint density at radius 2 is 1.68 bits per heavy atom. The van der Waals surface area contributed by atoms with E-state index in [4.69, 9.17) is 14.2 Å². The third-order valence-electron chi connectivity index (χ3n) is 8.26. The van der Waals surface area contributed by atoms with Gasteiger partial charge < -0.3 is 24.4 Å². The number of aromatic nitrogens is 4. The number of rotatable bonds is 11. The zero-order chi connectivity index (χ0) is 35.4. The van der Waals surface area contributed by atoms with E-state index in [1.165, 1.54) is 44.7 Å². The van der Waals surface area contributed by atoms with Crippen LogP contribution in [0.3, 0.4) is 0 Å². The lowest BCUT2D eigenvalue weighted by Crippen LogP contribution is -2.43. The second-order valence-corrected chi connectivity index (χ2v) is 11.6. The van der Waals surface area contributed by atoms with Gasteiger partial charge in [-0.1, -0.05) is 6.42 Å². The molecule has 3 heterocycles. The zero-order valence-electron chi connectivity index (χ0n) is 27.2. The van der Waals surface area contributed by atoms with Crippen LogP contribution in [0.4, 0.5) is 18.9 Å². The van der Waals surface area contributed by atoms with Crippen molar-refractivity contribution >= 4 is 22.5 Å². The summed E-state index contributed by atoms with van der Waals surface area (Å²) in [7, 11) is 2.61. The van der Waals surface area contributed by atoms with E-state index >= 15 is 4.39 Å². The van der Waals surface area contributed by atoms with E-state index in [9.17, 15) is 23.2 Å². The Bertz CT molecular complexity index is 2180. The molecule has 1 aliphatic heterocycles. The van der Waals surface area contributed by atoms with Crippen molar-refractivity contribution in [3.05, 3.63) is 105 Å². The highest BCUT2D eigenvalue weighted by Crippen LogP contribution is 2.38. The quantitative estimate of drug-likeness (QED) is 0.186. The number of likely N-dealkylation sites (tertiary alicyclic amines) is 1. The van der Waals surface area contributed by atoms with Gasteiger partial charge in [0.05, 0.1) is 24.9 Å². The number of carbonyl (C=O) groups is 1. The van der Waals surface area contributed by atoms with Crippen LogP contribution in [0.5, 0.6) is 23.0 Å². The molecule has 1 N–H and O–H groups in total. The molecule has 0 unspecified atom stereocenters. The fourth-order valence-electron chi connectivity index (χ4n) is 5.61. The summed E-state index contributed by atoms with van der Waals surface area (Å²) in [6, 6.07) is 11.1. The number of carbonyl (C=O) groups excluding carboxylic acids is 1. The van der Waals surface area contributed by atoms with Crippen molar-refractivity contribution in [2.45, 2.75) is 25.7 Å². The highest BCUT2D eigenvalue weighted by atomic mass is 19.2. The SMILES string of the molecule is COc1cc2c(Oc3ccc(NC(=O)c4nn(-c5ccc(F)c(F)c5)c(=O)n(C)c4=O)cc3F)ccnc2cc1OCCCN1CCCCC1. The molecule has 2 aromatic heterocycles. The van der Waals surface area contributed by atoms with Crippen molar-refractivity contribution in [2.75, 3.05) is 38.7 Å². The second-order valence-electron chi connectivity index (χ2n) is 11.6. The van der Waals surface area contributed by atoms with Gasteiger partial charge in [-0.15, -0.1) is 0 Å². The van der Waals surface area contributed by atoms with E-state index in [0.717, 1.165) is 51.3 Å². The second kappa shape index (κ2) is 14.8. The number of hydrogen-bond acceptors (Lipinski definition) is 9. The lowest BCUT2D eigenvalue weighted by molar-refractivity contribution is 0.101. The molecule has 1 aliphatic rings. The number of methoxy groups -OCH3 is 1. The number of halogens is 3. The van der Waals surface area contributed by atoms with E-state index in [-0.39, 0.29) is 22.9 Å². The van der Waals surface area contributed by atoms with Crippen LogP contribution in [0, 0.1) is 17.5 Å². The Balaban J connectivity index is 1.17. The first-order valence-electron chi connectivity index (χ1n) is 15.9. The summed E-state index contributed by atoms with van der Waals surface area (Å²) in [5.74, 6) is -3.25. The maximum Gasteiger partial charge on any atom is 0.351 e. The van der Waals surface area contributed by atoms with Crippen molar-refractivity contribution in [3.8, 4) is 28.7 Å². The minimum Gasteiger partial charge on any atom is -0.493 e. The number of fused-ring (bicyclic) bond motifs is 1. The van der Waals surface area contributed by atoms with Crippen molar-refractivity contribution < 1.29 is 32.2 Å². The molecule has 12 nitrogen and oxygen atoms in total. The maximum atomic E-state index is 15.3. The number of ether oxygens (including phenoxy) is 3. The summed E-state index contributed by atoms with van der Waals surface area (Å²) in [5.41, 5.74) is -2.55. The minimum absolute atomic E-state index is 0.0578. The first-order valence-corrected chi connectivity index (χ1v) is 15.9. The van der Waals surface area contributed by atoms with Crippen molar-refractivity contribution in [3.63, 3.8) is 0 Å². The van der Waals surface area contributed by atoms with Gasteiger partial charge in [0.1, 0.15) is 5.75 Å². The summed E-state index contributed by atoms with van der Waals surface area (Å²) in [6.07, 6.45) is 6.12. The van der Waals surface area contributed by atoms with Gasteiger partial charge in [-0.25, -0.2) is 18.0 Å². The zero-order valence-corrected chi connectivity index (χ0v) is 27.2. The molecular weight excluding hydrogens is 657 g/mol. The molecule has 1 fully saturated rings. The Hall–Kier alpha value is -5.70. The molecule has 0 bridgehead atoms. The van der Waals surface area contributed by atoms with Gasteiger partial charge in [-0.3, -0.25) is 19.1 Å². The molecule has 1 saturated heterocycles. The third-order valence-corrected chi connectivity index (χ3v) is 8.26. The lowest BCUT2D eigenvalue weighted by Gasteiger charge is -2.26. The topological polar surface area (TPSA) is 130 Å². The highest BCUT2D eigenvalue weighted by Gasteiger charge is 2.21. The molecule has 0 atom stereocenters. The molecule has 0 spiro atoms. The number of hydrogen-bond donors (Lipinski definition) is 1. The molecule has 0 aliphatic carbocycles. The number of benzene rings is 3. The first kappa shape index (κ1) is 34.2. The fourth-order valence-corrected chi connectivity index (χ4v) is 5.61. The van der Waals surface area contributed by atoms with Crippen LogP contribution < -0.4 is 30.8 Å². The molecule has 6 rings (SSSR count). The Kier molecular flexibility index (Phi) is 10.1. The average molecular weight is 691 g/mol. The van der Waals surface area contributed by atoms with Crippen LogP contribution in [0.2, 0.25) is 0 Å². The van der Waals surface area contributed by atoms with E-state index in [1.807, 2.05) is 0 Å². The Morgan fingerprint density at radius 3 is 2.42 bits per heavy atom. The molecule has 260 valence electrons. The minimum atomic E-state index is -1.26. The van der Waals surface area contributed by atoms with Crippen LogP contribution in [0.25, 0.3) is 16.6 Å². The Morgan fingerprint density at radius 1 is 0.880 bits per heavy atom. The smallest absolute Gasteiger partial charge is 0.351 e. The van der Waals surface area contributed by atoms with Crippen molar-refractivity contribution in [2.24, 2.45) is 7.05 Å².